The van der Waals surface area contributed by atoms with Crippen molar-refractivity contribution in [2.24, 2.45) is 11.8 Å². The first kappa shape index (κ1) is 20.1. The van der Waals surface area contributed by atoms with Crippen LogP contribution in [0, 0.1) is 11.8 Å². The van der Waals surface area contributed by atoms with E-state index in [4.69, 9.17) is 4.74 Å². The molecule has 1 saturated carbocycles. The Labute approximate surface area is 174 Å². The molecule has 4 rings (SSSR count). The lowest BCUT2D eigenvalue weighted by atomic mass is 9.81. The highest BCUT2D eigenvalue weighted by molar-refractivity contribution is 6.08. The molecule has 1 aliphatic carbocycles. The average molecular weight is 408 g/mol. The van der Waals surface area contributed by atoms with Crippen LogP contribution in [0.15, 0.2) is 42.5 Å². The maximum absolute atomic E-state index is 12.6. The first-order valence-corrected chi connectivity index (χ1v) is 10.3. The molecule has 1 N–H and O–H groups in total. The molecular formula is C23H24N2O5. The van der Waals surface area contributed by atoms with Crippen LogP contribution in [0.3, 0.4) is 0 Å². The monoisotopic (exact) mass is 408 g/mol. The molecule has 2 aromatic rings. The number of hydrogen-bond acceptors (Lipinski definition) is 5. The van der Waals surface area contributed by atoms with Gasteiger partial charge in [0.05, 0.1) is 11.8 Å². The SMILES string of the molecule is C[C@@H](C(=O)OCC(=O)Nc1cccc2ccccc12)N1C(=O)[C@H]2CCCC[C@H]2C1=O. The van der Waals surface area contributed by atoms with E-state index in [-0.39, 0.29) is 23.7 Å². The van der Waals surface area contributed by atoms with Gasteiger partial charge in [0, 0.05) is 11.1 Å². The maximum atomic E-state index is 12.6. The largest absolute Gasteiger partial charge is 0.454 e. The van der Waals surface area contributed by atoms with Crippen LogP contribution in [0.25, 0.3) is 10.8 Å². The van der Waals surface area contributed by atoms with E-state index in [1.165, 1.54) is 6.92 Å². The fraction of sp³-hybridized carbons (Fsp3) is 0.391. The second-order valence-corrected chi connectivity index (χ2v) is 7.90. The van der Waals surface area contributed by atoms with E-state index in [0.717, 1.165) is 28.5 Å². The van der Waals surface area contributed by atoms with E-state index >= 15 is 0 Å². The van der Waals surface area contributed by atoms with Gasteiger partial charge in [-0.2, -0.15) is 0 Å². The molecule has 0 unspecified atom stereocenters. The van der Waals surface area contributed by atoms with Gasteiger partial charge in [-0.3, -0.25) is 19.3 Å². The average Bonchev–Trinajstić information content (AvgIpc) is 3.02. The van der Waals surface area contributed by atoms with Crippen molar-refractivity contribution in [1.82, 2.24) is 4.90 Å². The molecular weight excluding hydrogens is 384 g/mol. The number of esters is 1. The molecule has 156 valence electrons. The molecule has 1 heterocycles. The van der Waals surface area contributed by atoms with Crippen LogP contribution < -0.4 is 5.32 Å². The highest BCUT2D eigenvalue weighted by atomic mass is 16.5. The Balaban J connectivity index is 1.36. The van der Waals surface area contributed by atoms with Gasteiger partial charge in [0.2, 0.25) is 11.8 Å². The number of likely N-dealkylation sites (tertiary alicyclic amines) is 1. The van der Waals surface area contributed by atoms with Gasteiger partial charge in [0.25, 0.3) is 5.91 Å². The third-order valence-electron chi connectivity index (χ3n) is 6.01. The minimum absolute atomic E-state index is 0.297. The Bertz CT molecular complexity index is 988. The first-order valence-electron chi connectivity index (χ1n) is 10.3. The van der Waals surface area contributed by atoms with Gasteiger partial charge in [0.1, 0.15) is 6.04 Å². The molecule has 2 aromatic carbocycles. The zero-order valence-electron chi connectivity index (χ0n) is 16.8. The summed E-state index contributed by atoms with van der Waals surface area (Å²) >= 11 is 0. The van der Waals surface area contributed by atoms with Crippen molar-refractivity contribution >= 4 is 40.2 Å². The molecule has 0 aromatic heterocycles. The van der Waals surface area contributed by atoms with Gasteiger partial charge >= 0.3 is 5.97 Å². The summed E-state index contributed by atoms with van der Waals surface area (Å²) in [4.78, 5) is 51.0. The summed E-state index contributed by atoms with van der Waals surface area (Å²) in [5.74, 6) is -2.49. The fourth-order valence-corrected chi connectivity index (χ4v) is 4.45. The second-order valence-electron chi connectivity index (χ2n) is 7.90. The maximum Gasteiger partial charge on any atom is 0.329 e. The van der Waals surface area contributed by atoms with Gasteiger partial charge in [-0.15, -0.1) is 0 Å². The first-order chi connectivity index (χ1) is 14.5. The van der Waals surface area contributed by atoms with Crippen molar-refractivity contribution in [2.45, 2.75) is 38.6 Å². The molecule has 0 bridgehead atoms. The minimum atomic E-state index is -1.04. The lowest BCUT2D eigenvalue weighted by Gasteiger charge is -2.21. The van der Waals surface area contributed by atoms with Gasteiger partial charge in [-0.1, -0.05) is 49.2 Å². The van der Waals surface area contributed by atoms with Crippen molar-refractivity contribution in [3.05, 3.63) is 42.5 Å². The third kappa shape index (κ3) is 3.67. The molecule has 30 heavy (non-hydrogen) atoms. The Morgan fingerprint density at radius 1 is 1.03 bits per heavy atom. The minimum Gasteiger partial charge on any atom is -0.454 e. The van der Waals surface area contributed by atoms with Crippen molar-refractivity contribution in [3.8, 4) is 0 Å². The van der Waals surface area contributed by atoms with E-state index in [9.17, 15) is 19.2 Å². The predicted molar refractivity (Wildman–Crippen MR) is 110 cm³/mol. The van der Waals surface area contributed by atoms with E-state index in [2.05, 4.69) is 5.32 Å². The van der Waals surface area contributed by atoms with E-state index in [0.29, 0.717) is 18.5 Å². The van der Waals surface area contributed by atoms with Crippen molar-refractivity contribution < 1.29 is 23.9 Å². The Hall–Kier alpha value is -3.22. The number of hydrogen-bond donors (Lipinski definition) is 1. The quantitative estimate of drug-likeness (QED) is 0.607. The molecule has 1 aliphatic heterocycles. The smallest absolute Gasteiger partial charge is 0.329 e. The number of ether oxygens (including phenoxy) is 1. The molecule has 1 saturated heterocycles. The number of benzene rings is 2. The lowest BCUT2D eigenvalue weighted by Crippen LogP contribution is -2.45. The summed E-state index contributed by atoms with van der Waals surface area (Å²) < 4.78 is 5.12. The topological polar surface area (TPSA) is 92.8 Å². The lowest BCUT2D eigenvalue weighted by molar-refractivity contribution is -0.159. The zero-order valence-corrected chi connectivity index (χ0v) is 16.8. The highest BCUT2D eigenvalue weighted by Gasteiger charge is 2.51. The van der Waals surface area contributed by atoms with Crippen LogP contribution in [0.5, 0.6) is 0 Å². The van der Waals surface area contributed by atoms with E-state index in [1.54, 1.807) is 6.07 Å². The molecule has 7 heteroatoms. The Kier molecular flexibility index (Phi) is 5.53. The normalized spacial score (nSPS) is 22.0. The molecule has 3 atom stereocenters. The fourth-order valence-electron chi connectivity index (χ4n) is 4.45. The zero-order chi connectivity index (χ0) is 21.3. The van der Waals surface area contributed by atoms with Crippen LogP contribution in [-0.2, 0) is 23.9 Å². The van der Waals surface area contributed by atoms with Crippen LogP contribution in [0.1, 0.15) is 32.6 Å². The van der Waals surface area contributed by atoms with E-state index in [1.807, 2.05) is 36.4 Å². The summed E-state index contributed by atoms with van der Waals surface area (Å²) in [6, 6.07) is 12.1. The number of imide groups is 1. The second kappa shape index (κ2) is 8.26. The molecule has 0 spiro atoms. The number of carbonyl (C=O) groups is 4. The van der Waals surface area contributed by atoms with E-state index < -0.39 is 24.5 Å². The highest BCUT2D eigenvalue weighted by Crippen LogP contribution is 2.38. The van der Waals surface area contributed by atoms with Crippen molar-refractivity contribution in [1.29, 1.82) is 0 Å². The summed E-state index contributed by atoms with van der Waals surface area (Å²) in [6.07, 6.45) is 3.20. The van der Waals surface area contributed by atoms with Gasteiger partial charge in [0.15, 0.2) is 6.61 Å². The summed E-state index contributed by atoms with van der Waals surface area (Å²) in [6.45, 7) is 0.980. The Morgan fingerprint density at radius 2 is 1.67 bits per heavy atom. The van der Waals surface area contributed by atoms with Crippen LogP contribution >= 0.6 is 0 Å². The number of fused-ring (bicyclic) bond motifs is 2. The summed E-state index contributed by atoms with van der Waals surface area (Å²) in [5.41, 5.74) is 0.621. The third-order valence-corrected chi connectivity index (χ3v) is 6.01. The number of anilines is 1. The van der Waals surface area contributed by atoms with Gasteiger partial charge in [-0.05, 0) is 31.2 Å². The number of carbonyl (C=O) groups excluding carboxylic acids is 4. The van der Waals surface area contributed by atoms with Crippen LogP contribution in [0.2, 0.25) is 0 Å². The number of nitrogens with zero attached hydrogens (tertiary/aromatic N) is 1. The summed E-state index contributed by atoms with van der Waals surface area (Å²) in [5, 5.41) is 4.60. The van der Waals surface area contributed by atoms with Gasteiger partial charge in [-0.25, -0.2) is 4.79 Å². The van der Waals surface area contributed by atoms with Crippen molar-refractivity contribution in [3.63, 3.8) is 0 Å². The summed E-state index contributed by atoms with van der Waals surface area (Å²) in [7, 11) is 0. The molecule has 2 fully saturated rings. The van der Waals surface area contributed by atoms with Crippen molar-refractivity contribution in [2.75, 3.05) is 11.9 Å². The van der Waals surface area contributed by atoms with Crippen LogP contribution in [-0.4, -0.2) is 41.2 Å². The van der Waals surface area contributed by atoms with Gasteiger partial charge < -0.3 is 10.1 Å². The molecule has 3 amide bonds. The predicted octanol–water partition coefficient (Wildman–Crippen LogP) is 2.89. The molecule has 2 aliphatic rings. The number of nitrogens with one attached hydrogen (secondary N) is 1. The van der Waals surface area contributed by atoms with Crippen LogP contribution in [0.4, 0.5) is 5.69 Å². The molecule has 0 radical (unpaired) electrons. The Morgan fingerprint density at radius 3 is 2.37 bits per heavy atom. The number of rotatable bonds is 5. The standard InChI is InChI=1S/C23H24N2O5/c1-14(25-21(27)17-10-4-5-11-18(17)22(25)28)23(29)30-13-20(26)24-19-12-6-8-15-7-2-3-9-16(15)19/h2-3,6-9,12,14,17-18H,4-5,10-11,13H2,1H3,(H,24,26)/t14-,17-,18+/m0/s1. The number of amides is 3. The molecule has 7 nitrogen and oxygen atoms in total.